The van der Waals surface area contributed by atoms with Crippen LogP contribution in [0.4, 0.5) is 16.2 Å². The fourth-order valence-corrected chi connectivity index (χ4v) is 3.58. The van der Waals surface area contributed by atoms with Crippen molar-refractivity contribution in [3.63, 3.8) is 0 Å². The summed E-state index contributed by atoms with van der Waals surface area (Å²) in [7, 11) is 0. The maximum absolute atomic E-state index is 12.2. The zero-order valence-electron chi connectivity index (χ0n) is 14.6. The largest absolute Gasteiger partial charge is 0.323 e. The number of thiazole rings is 1. The van der Waals surface area contributed by atoms with Gasteiger partial charge in [0, 0.05) is 45.3 Å². The lowest BCUT2D eigenvalue weighted by atomic mass is 10.1. The highest BCUT2D eigenvalue weighted by atomic mass is 35.5. The van der Waals surface area contributed by atoms with E-state index in [0.717, 1.165) is 21.8 Å². The topological polar surface area (TPSA) is 66.9 Å². The average Bonchev–Trinajstić information content (AvgIpc) is 3.21. The van der Waals surface area contributed by atoms with Gasteiger partial charge in [0.1, 0.15) is 5.01 Å². The zero-order valence-corrected chi connectivity index (χ0v) is 16.2. The number of aromatic nitrogens is 2. The zero-order chi connectivity index (χ0) is 19.3. The van der Waals surface area contributed by atoms with Gasteiger partial charge < -0.3 is 10.6 Å². The number of nitrogens with one attached hydrogen (secondary N) is 2. The number of carbonyl (C=O) groups excluding carboxylic acids is 1. The van der Waals surface area contributed by atoms with Gasteiger partial charge in [-0.15, -0.1) is 11.3 Å². The van der Waals surface area contributed by atoms with Crippen molar-refractivity contribution in [1.82, 2.24) is 9.97 Å². The molecule has 0 fully saturated rings. The van der Waals surface area contributed by atoms with E-state index >= 15 is 0 Å². The van der Waals surface area contributed by atoms with Crippen LogP contribution >= 0.6 is 22.9 Å². The van der Waals surface area contributed by atoms with Crippen molar-refractivity contribution in [1.29, 1.82) is 0 Å². The third kappa shape index (κ3) is 4.36. The molecule has 7 heteroatoms. The van der Waals surface area contributed by atoms with Crippen LogP contribution in [0.15, 0.2) is 78.4 Å². The molecule has 2 aromatic heterocycles. The number of hydrogen-bond donors (Lipinski definition) is 2. The Morgan fingerprint density at radius 2 is 1.64 bits per heavy atom. The Hall–Kier alpha value is -3.22. The second kappa shape index (κ2) is 8.21. The van der Waals surface area contributed by atoms with Crippen molar-refractivity contribution in [2.45, 2.75) is 0 Å². The Balaban J connectivity index is 1.48. The van der Waals surface area contributed by atoms with Gasteiger partial charge in [-0.25, -0.2) is 9.78 Å². The summed E-state index contributed by atoms with van der Waals surface area (Å²) in [6.45, 7) is 0. The van der Waals surface area contributed by atoms with Crippen LogP contribution in [0.3, 0.4) is 0 Å². The van der Waals surface area contributed by atoms with Gasteiger partial charge in [-0.05, 0) is 48.5 Å². The average molecular weight is 407 g/mol. The fourth-order valence-electron chi connectivity index (χ4n) is 2.62. The molecular weight excluding hydrogens is 392 g/mol. The predicted octanol–water partition coefficient (Wildman–Crippen LogP) is 6.17. The molecule has 4 rings (SSSR count). The monoisotopic (exact) mass is 406 g/mol. The van der Waals surface area contributed by atoms with Gasteiger partial charge in [0.15, 0.2) is 0 Å². The SMILES string of the molecule is O=C(Nc1ccc(Cl)cc1)Nc1cccc(-c2csc(-c3ccncc3)n2)c1. The molecule has 0 aliphatic heterocycles. The summed E-state index contributed by atoms with van der Waals surface area (Å²) < 4.78 is 0. The molecule has 0 unspecified atom stereocenters. The Morgan fingerprint density at radius 3 is 2.43 bits per heavy atom. The minimum atomic E-state index is -0.324. The Morgan fingerprint density at radius 1 is 0.893 bits per heavy atom. The number of rotatable bonds is 4. The number of halogens is 1. The molecule has 138 valence electrons. The maximum atomic E-state index is 12.2. The highest BCUT2D eigenvalue weighted by Gasteiger charge is 2.08. The number of amides is 2. The van der Waals surface area contributed by atoms with Crippen molar-refractivity contribution in [3.05, 3.63) is 83.5 Å². The first-order valence-corrected chi connectivity index (χ1v) is 9.73. The molecule has 0 spiro atoms. The van der Waals surface area contributed by atoms with E-state index in [1.54, 1.807) is 48.0 Å². The molecule has 2 amide bonds. The standard InChI is InChI=1S/C21H15ClN4OS/c22-16-4-6-17(7-5-16)24-21(27)25-18-3-1-2-15(12-18)19-13-28-20(26-19)14-8-10-23-11-9-14/h1-13H,(H2,24,25,27). The number of nitrogens with zero attached hydrogens (tertiary/aromatic N) is 2. The molecule has 0 bridgehead atoms. The lowest BCUT2D eigenvalue weighted by Crippen LogP contribution is -2.19. The quantitative estimate of drug-likeness (QED) is 0.426. The summed E-state index contributed by atoms with van der Waals surface area (Å²) in [5.74, 6) is 0. The molecule has 28 heavy (non-hydrogen) atoms. The van der Waals surface area contributed by atoms with Crippen LogP contribution in [0.2, 0.25) is 5.02 Å². The third-order valence-corrected chi connectivity index (χ3v) is 5.09. The number of carbonyl (C=O) groups is 1. The second-order valence-corrected chi connectivity index (χ2v) is 7.24. The maximum Gasteiger partial charge on any atom is 0.323 e. The van der Waals surface area contributed by atoms with Gasteiger partial charge in [0.05, 0.1) is 5.69 Å². The molecule has 4 aromatic rings. The van der Waals surface area contributed by atoms with Crippen molar-refractivity contribution in [2.75, 3.05) is 10.6 Å². The highest BCUT2D eigenvalue weighted by Crippen LogP contribution is 2.29. The van der Waals surface area contributed by atoms with Gasteiger partial charge in [0.25, 0.3) is 0 Å². The van der Waals surface area contributed by atoms with E-state index in [-0.39, 0.29) is 6.03 Å². The molecule has 0 radical (unpaired) electrons. The summed E-state index contributed by atoms with van der Waals surface area (Å²) in [6.07, 6.45) is 3.50. The minimum absolute atomic E-state index is 0.324. The summed E-state index contributed by atoms with van der Waals surface area (Å²) in [5.41, 5.74) is 4.17. The van der Waals surface area contributed by atoms with Crippen molar-refractivity contribution < 1.29 is 4.79 Å². The smallest absolute Gasteiger partial charge is 0.308 e. The lowest BCUT2D eigenvalue weighted by Gasteiger charge is -2.08. The van der Waals surface area contributed by atoms with E-state index in [2.05, 4.69) is 15.6 Å². The van der Waals surface area contributed by atoms with E-state index in [0.29, 0.717) is 16.4 Å². The van der Waals surface area contributed by atoms with Crippen molar-refractivity contribution >= 4 is 40.3 Å². The van der Waals surface area contributed by atoms with E-state index < -0.39 is 0 Å². The molecule has 0 atom stereocenters. The first kappa shape index (κ1) is 18.2. The number of urea groups is 1. The predicted molar refractivity (Wildman–Crippen MR) is 115 cm³/mol. The fraction of sp³-hybridized carbons (Fsp3) is 0. The molecule has 0 saturated carbocycles. The normalized spacial score (nSPS) is 10.5. The first-order chi connectivity index (χ1) is 13.7. The van der Waals surface area contributed by atoms with E-state index in [1.165, 1.54) is 0 Å². The van der Waals surface area contributed by atoms with Crippen LogP contribution in [-0.4, -0.2) is 16.0 Å². The number of anilines is 2. The molecule has 2 heterocycles. The molecule has 0 aliphatic rings. The Labute approximate surface area is 171 Å². The van der Waals surface area contributed by atoms with Gasteiger partial charge in [-0.3, -0.25) is 4.98 Å². The van der Waals surface area contributed by atoms with Crippen LogP contribution in [-0.2, 0) is 0 Å². The number of hydrogen-bond acceptors (Lipinski definition) is 4. The molecular formula is C21H15ClN4OS. The first-order valence-electron chi connectivity index (χ1n) is 8.47. The Bertz CT molecular complexity index is 1100. The van der Waals surface area contributed by atoms with E-state index in [1.807, 2.05) is 41.8 Å². The van der Waals surface area contributed by atoms with Gasteiger partial charge in [-0.1, -0.05) is 23.7 Å². The number of benzene rings is 2. The van der Waals surface area contributed by atoms with Crippen LogP contribution in [0, 0.1) is 0 Å². The molecule has 0 saturated heterocycles. The van der Waals surface area contributed by atoms with Crippen LogP contribution < -0.4 is 10.6 Å². The second-order valence-electron chi connectivity index (χ2n) is 5.94. The summed E-state index contributed by atoms with van der Waals surface area (Å²) >= 11 is 7.43. The van der Waals surface area contributed by atoms with E-state index in [9.17, 15) is 4.79 Å². The third-order valence-electron chi connectivity index (χ3n) is 3.95. The number of pyridine rings is 1. The van der Waals surface area contributed by atoms with Crippen LogP contribution in [0.25, 0.3) is 21.8 Å². The van der Waals surface area contributed by atoms with Crippen molar-refractivity contribution in [2.24, 2.45) is 0 Å². The van der Waals surface area contributed by atoms with E-state index in [4.69, 9.17) is 16.6 Å². The lowest BCUT2D eigenvalue weighted by molar-refractivity contribution is 0.262. The molecule has 2 aromatic carbocycles. The van der Waals surface area contributed by atoms with Crippen molar-refractivity contribution in [3.8, 4) is 21.8 Å². The summed E-state index contributed by atoms with van der Waals surface area (Å²) in [6, 6.07) is 18.1. The van der Waals surface area contributed by atoms with Crippen LogP contribution in [0.1, 0.15) is 0 Å². The summed E-state index contributed by atoms with van der Waals surface area (Å²) in [4.78, 5) is 21.0. The van der Waals surface area contributed by atoms with Crippen LogP contribution in [0.5, 0.6) is 0 Å². The highest BCUT2D eigenvalue weighted by molar-refractivity contribution is 7.13. The Kier molecular flexibility index (Phi) is 5.32. The minimum Gasteiger partial charge on any atom is -0.308 e. The molecule has 0 aliphatic carbocycles. The molecule has 5 nitrogen and oxygen atoms in total. The summed E-state index contributed by atoms with van der Waals surface area (Å²) in [5, 5.41) is 9.16. The van der Waals surface area contributed by atoms with Gasteiger partial charge in [-0.2, -0.15) is 0 Å². The van der Waals surface area contributed by atoms with Gasteiger partial charge >= 0.3 is 6.03 Å². The molecule has 2 N–H and O–H groups in total. The van der Waals surface area contributed by atoms with Gasteiger partial charge in [0.2, 0.25) is 0 Å².